The Morgan fingerprint density at radius 1 is 1.36 bits per heavy atom. The van der Waals surface area contributed by atoms with Gasteiger partial charge in [0.1, 0.15) is 7.11 Å². The van der Waals surface area contributed by atoms with Crippen molar-refractivity contribution in [2.45, 2.75) is 6.92 Å². The molecule has 0 fully saturated rings. The van der Waals surface area contributed by atoms with Crippen LogP contribution in [0.3, 0.4) is 0 Å². The number of aromatic amines is 1. The molecule has 0 amide bonds. The van der Waals surface area contributed by atoms with Crippen LogP contribution in [0.2, 0.25) is 0 Å². The molecule has 0 unspecified atom stereocenters. The summed E-state index contributed by atoms with van der Waals surface area (Å²) < 4.78 is 0. The molecule has 1 aromatic heterocycles. The van der Waals surface area contributed by atoms with Gasteiger partial charge in [-0.15, -0.1) is 0 Å². The standard InChI is InChI=1S/C11H12N2O/c1-8(13-14-2)10-7-12-11-6-4-3-5-9(10)11/h3-7,12H,1-2H3/b13-8+. The lowest BCUT2D eigenvalue weighted by Gasteiger charge is -1.96. The van der Waals surface area contributed by atoms with E-state index in [2.05, 4.69) is 16.2 Å². The van der Waals surface area contributed by atoms with E-state index in [0.717, 1.165) is 16.8 Å². The first-order valence-electron chi connectivity index (χ1n) is 4.47. The van der Waals surface area contributed by atoms with E-state index in [-0.39, 0.29) is 0 Å². The molecule has 0 radical (unpaired) electrons. The van der Waals surface area contributed by atoms with Crippen molar-refractivity contribution < 1.29 is 4.84 Å². The van der Waals surface area contributed by atoms with Crippen molar-refractivity contribution in [3.8, 4) is 0 Å². The quantitative estimate of drug-likeness (QED) is 0.570. The fraction of sp³-hybridized carbons (Fsp3) is 0.182. The Hall–Kier alpha value is -1.77. The third-order valence-corrected chi connectivity index (χ3v) is 2.21. The number of hydrogen-bond acceptors (Lipinski definition) is 2. The van der Waals surface area contributed by atoms with Gasteiger partial charge in [-0.1, -0.05) is 23.4 Å². The first kappa shape index (κ1) is 8.81. The molecule has 0 saturated carbocycles. The van der Waals surface area contributed by atoms with Gasteiger partial charge in [0.2, 0.25) is 0 Å². The molecule has 0 saturated heterocycles. The topological polar surface area (TPSA) is 37.4 Å². The van der Waals surface area contributed by atoms with Gasteiger partial charge in [0.25, 0.3) is 0 Å². The number of oxime groups is 1. The summed E-state index contributed by atoms with van der Waals surface area (Å²) in [7, 11) is 1.55. The van der Waals surface area contributed by atoms with Crippen LogP contribution in [0.1, 0.15) is 12.5 Å². The Balaban J connectivity index is 2.58. The summed E-state index contributed by atoms with van der Waals surface area (Å²) >= 11 is 0. The number of para-hydroxylation sites is 1. The van der Waals surface area contributed by atoms with Crippen molar-refractivity contribution in [1.82, 2.24) is 4.98 Å². The van der Waals surface area contributed by atoms with Gasteiger partial charge in [-0.3, -0.25) is 0 Å². The molecule has 72 valence electrons. The van der Waals surface area contributed by atoms with Crippen LogP contribution in [-0.2, 0) is 4.84 Å². The average molecular weight is 188 g/mol. The number of rotatable bonds is 2. The van der Waals surface area contributed by atoms with Crippen molar-refractivity contribution >= 4 is 16.6 Å². The highest BCUT2D eigenvalue weighted by Crippen LogP contribution is 2.18. The molecule has 0 aliphatic carbocycles. The summed E-state index contributed by atoms with van der Waals surface area (Å²) in [5.74, 6) is 0. The van der Waals surface area contributed by atoms with Crippen LogP contribution in [0.5, 0.6) is 0 Å². The maximum Gasteiger partial charge on any atom is 0.106 e. The van der Waals surface area contributed by atoms with E-state index in [4.69, 9.17) is 4.84 Å². The number of nitrogens with zero attached hydrogens (tertiary/aromatic N) is 1. The van der Waals surface area contributed by atoms with Gasteiger partial charge in [0.05, 0.1) is 5.71 Å². The van der Waals surface area contributed by atoms with Crippen molar-refractivity contribution in [3.05, 3.63) is 36.0 Å². The van der Waals surface area contributed by atoms with Gasteiger partial charge in [-0.25, -0.2) is 0 Å². The Morgan fingerprint density at radius 3 is 2.93 bits per heavy atom. The molecule has 0 bridgehead atoms. The number of benzene rings is 1. The van der Waals surface area contributed by atoms with Crippen LogP contribution in [0.25, 0.3) is 10.9 Å². The maximum atomic E-state index is 4.75. The Labute approximate surface area is 82.4 Å². The minimum Gasteiger partial charge on any atom is -0.399 e. The summed E-state index contributed by atoms with van der Waals surface area (Å²) in [6, 6.07) is 8.12. The van der Waals surface area contributed by atoms with Gasteiger partial charge in [0.15, 0.2) is 0 Å². The van der Waals surface area contributed by atoms with Crippen LogP contribution in [0, 0.1) is 0 Å². The second-order valence-corrected chi connectivity index (χ2v) is 3.11. The van der Waals surface area contributed by atoms with E-state index < -0.39 is 0 Å². The fourth-order valence-corrected chi connectivity index (χ4v) is 1.56. The van der Waals surface area contributed by atoms with E-state index in [9.17, 15) is 0 Å². The van der Waals surface area contributed by atoms with Crippen LogP contribution < -0.4 is 0 Å². The van der Waals surface area contributed by atoms with Crippen molar-refractivity contribution in [3.63, 3.8) is 0 Å². The third-order valence-electron chi connectivity index (χ3n) is 2.21. The zero-order valence-corrected chi connectivity index (χ0v) is 8.24. The van der Waals surface area contributed by atoms with Gasteiger partial charge < -0.3 is 9.82 Å². The SMILES string of the molecule is CO/N=C(\C)c1c[nH]c2ccccc12. The van der Waals surface area contributed by atoms with E-state index >= 15 is 0 Å². The van der Waals surface area contributed by atoms with Crippen LogP contribution >= 0.6 is 0 Å². The predicted molar refractivity (Wildman–Crippen MR) is 57.5 cm³/mol. The van der Waals surface area contributed by atoms with Crippen molar-refractivity contribution in [2.24, 2.45) is 5.16 Å². The zero-order chi connectivity index (χ0) is 9.97. The lowest BCUT2D eigenvalue weighted by Crippen LogP contribution is -1.93. The minimum atomic E-state index is 0.880. The van der Waals surface area contributed by atoms with E-state index in [1.165, 1.54) is 5.39 Å². The number of H-pyrrole nitrogens is 1. The molecule has 0 atom stereocenters. The van der Waals surface area contributed by atoms with E-state index in [1.54, 1.807) is 7.11 Å². The van der Waals surface area contributed by atoms with Crippen LogP contribution in [0.15, 0.2) is 35.6 Å². The molecule has 2 aromatic rings. The van der Waals surface area contributed by atoms with Crippen molar-refractivity contribution in [2.75, 3.05) is 7.11 Å². The highest BCUT2D eigenvalue weighted by molar-refractivity contribution is 6.09. The van der Waals surface area contributed by atoms with Gasteiger partial charge in [-0.05, 0) is 13.0 Å². The summed E-state index contributed by atoms with van der Waals surface area (Å²) in [6.45, 7) is 1.93. The normalized spacial score (nSPS) is 12.0. The Kier molecular flexibility index (Phi) is 2.23. The molecular weight excluding hydrogens is 176 g/mol. The molecule has 0 aliphatic heterocycles. The van der Waals surface area contributed by atoms with E-state index in [1.807, 2.05) is 31.3 Å². The molecule has 1 heterocycles. The molecule has 1 N–H and O–H groups in total. The smallest absolute Gasteiger partial charge is 0.106 e. The number of fused-ring (bicyclic) bond motifs is 1. The lowest BCUT2D eigenvalue weighted by atomic mass is 10.1. The first-order valence-corrected chi connectivity index (χ1v) is 4.47. The van der Waals surface area contributed by atoms with Gasteiger partial charge in [0, 0.05) is 22.7 Å². The highest BCUT2D eigenvalue weighted by Gasteiger charge is 2.05. The van der Waals surface area contributed by atoms with Crippen LogP contribution in [-0.4, -0.2) is 17.8 Å². The molecule has 3 heteroatoms. The molecular formula is C11H12N2O. The highest BCUT2D eigenvalue weighted by atomic mass is 16.6. The summed E-state index contributed by atoms with van der Waals surface area (Å²) in [5.41, 5.74) is 3.08. The molecule has 14 heavy (non-hydrogen) atoms. The fourth-order valence-electron chi connectivity index (χ4n) is 1.56. The lowest BCUT2D eigenvalue weighted by molar-refractivity contribution is 0.213. The molecule has 3 nitrogen and oxygen atoms in total. The largest absolute Gasteiger partial charge is 0.399 e. The Bertz CT molecular complexity index is 471. The van der Waals surface area contributed by atoms with E-state index in [0.29, 0.717) is 0 Å². The van der Waals surface area contributed by atoms with Crippen molar-refractivity contribution in [1.29, 1.82) is 0 Å². The molecule has 0 aliphatic rings. The summed E-state index contributed by atoms with van der Waals surface area (Å²) in [6.07, 6.45) is 1.95. The number of nitrogens with one attached hydrogen (secondary N) is 1. The number of aromatic nitrogens is 1. The molecule has 2 rings (SSSR count). The molecule has 1 aromatic carbocycles. The predicted octanol–water partition coefficient (Wildman–Crippen LogP) is 2.54. The second-order valence-electron chi connectivity index (χ2n) is 3.11. The van der Waals surface area contributed by atoms with Gasteiger partial charge in [-0.2, -0.15) is 0 Å². The van der Waals surface area contributed by atoms with Crippen LogP contribution in [0.4, 0.5) is 0 Å². The number of hydrogen-bond donors (Lipinski definition) is 1. The molecule has 0 spiro atoms. The van der Waals surface area contributed by atoms with Gasteiger partial charge >= 0.3 is 0 Å². The minimum absolute atomic E-state index is 0.880. The monoisotopic (exact) mass is 188 g/mol. The first-order chi connectivity index (χ1) is 6.83. The zero-order valence-electron chi connectivity index (χ0n) is 8.24. The second kappa shape index (κ2) is 3.54. The third kappa shape index (κ3) is 1.37. The Morgan fingerprint density at radius 2 is 2.14 bits per heavy atom. The average Bonchev–Trinajstić information content (AvgIpc) is 2.61. The maximum absolute atomic E-state index is 4.75. The summed E-state index contributed by atoms with van der Waals surface area (Å²) in [5, 5.41) is 5.09. The summed E-state index contributed by atoms with van der Waals surface area (Å²) in [4.78, 5) is 7.94.